The highest BCUT2D eigenvalue weighted by Crippen LogP contribution is 2.30. The predicted molar refractivity (Wildman–Crippen MR) is 113 cm³/mol. The highest BCUT2D eigenvalue weighted by atomic mass is 16.5. The zero-order valence-corrected chi connectivity index (χ0v) is 17.6. The lowest BCUT2D eigenvalue weighted by atomic mass is 10.0. The summed E-state index contributed by atoms with van der Waals surface area (Å²) in [4.78, 5) is 21.0. The van der Waals surface area contributed by atoms with Gasteiger partial charge in [-0.3, -0.25) is 9.88 Å². The van der Waals surface area contributed by atoms with Crippen LogP contribution >= 0.6 is 0 Å². The van der Waals surface area contributed by atoms with Crippen LogP contribution in [0.5, 0.6) is 11.5 Å². The van der Waals surface area contributed by atoms with Crippen molar-refractivity contribution in [3.05, 3.63) is 48.3 Å². The Bertz CT molecular complexity index is 807. The molecule has 3 rings (SSSR count). The van der Waals surface area contributed by atoms with Gasteiger partial charge in [0.15, 0.2) is 11.5 Å². The van der Waals surface area contributed by atoms with Crippen LogP contribution in [0.25, 0.3) is 0 Å². The minimum absolute atomic E-state index is 0.0955. The number of pyridine rings is 1. The molecule has 1 aliphatic rings. The average molecular weight is 399 g/mol. The topological polar surface area (TPSA) is 66.9 Å². The van der Waals surface area contributed by atoms with E-state index in [9.17, 15) is 4.79 Å². The van der Waals surface area contributed by atoms with Gasteiger partial charge in [0.2, 0.25) is 0 Å². The number of nitrogens with one attached hydrogen (secondary N) is 1. The van der Waals surface area contributed by atoms with Crippen molar-refractivity contribution < 1.29 is 14.3 Å². The first-order valence-electron chi connectivity index (χ1n) is 9.91. The lowest BCUT2D eigenvalue weighted by molar-refractivity contribution is 0.0486. The number of hydrogen-bond donors (Lipinski definition) is 1. The van der Waals surface area contributed by atoms with Crippen LogP contribution in [-0.2, 0) is 6.54 Å². The molecule has 1 saturated heterocycles. The van der Waals surface area contributed by atoms with Crippen LogP contribution in [0.1, 0.15) is 19.4 Å². The molecule has 156 valence electrons. The molecule has 0 bridgehead atoms. The van der Waals surface area contributed by atoms with E-state index in [4.69, 9.17) is 9.47 Å². The fourth-order valence-electron chi connectivity index (χ4n) is 3.50. The van der Waals surface area contributed by atoms with Crippen LogP contribution in [0.15, 0.2) is 42.7 Å². The third kappa shape index (κ3) is 5.38. The fraction of sp³-hybridized carbons (Fsp3) is 0.455. The maximum atomic E-state index is 12.6. The van der Waals surface area contributed by atoms with Crippen LogP contribution in [0.3, 0.4) is 0 Å². The Balaban J connectivity index is 1.57. The largest absolute Gasteiger partial charge is 0.493 e. The minimum atomic E-state index is -0.0955. The average Bonchev–Trinajstić information content (AvgIpc) is 2.67. The lowest BCUT2D eigenvalue weighted by Crippen LogP contribution is -2.62. The molecular formula is C22H30N4O3. The number of nitrogens with zero attached hydrogens (tertiary/aromatic N) is 3. The number of benzene rings is 1. The first-order chi connectivity index (χ1) is 14.0. The number of likely N-dealkylation sites (tertiary alicyclic amines) is 1. The van der Waals surface area contributed by atoms with Gasteiger partial charge >= 0.3 is 6.03 Å². The molecule has 7 nitrogen and oxygen atoms in total. The number of hydrogen-bond acceptors (Lipinski definition) is 5. The van der Waals surface area contributed by atoms with Crippen molar-refractivity contribution in [3.63, 3.8) is 0 Å². The van der Waals surface area contributed by atoms with E-state index in [1.807, 2.05) is 35.5 Å². The summed E-state index contributed by atoms with van der Waals surface area (Å²) in [6.45, 7) is 7.75. The number of amides is 2. The molecule has 7 heteroatoms. The SMILES string of the molecule is COc1ccc(NC(=O)N2CC(N(Cc3ccncc3)CC(C)C)C2)cc1OC. The lowest BCUT2D eigenvalue weighted by Gasteiger charge is -2.45. The zero-order chi connectivity index (χ0) is 20.8. The van der Waals surface area contributed by atoms with Gasteiger partial charge in [0.05, 0.1) is 14.2 Å². The molecule has 2 heterocycles. The smallest absolute Gasteiger partial charge is 0.321 e. The number of aromatic nitrogens is 1. The summed E-state index contributed by atoms with van der Waals surface area (Å²) in [6.07, 6.45) is 3.65. The van der Waals surface area contributed by atoms with Crippen molar-refractivity contribution in [2.24, 2.45) is 5.92 Å². The molecular weight excluding hydrogens is 368 g/mol. The molecule has 1 fully saturated rings. The molecule has 0 saturated carbocycles. The van der Waals surface area contributed by atoms with Gasteiger partial charge in [0.25, 0.3) is 0 Å². The summed E-state index contributed by atoms with van der Waals surface area (Å²) in [7, 11) is 3.17. The van der Waals surface area contributed by atoms with E-state index in [1.165, 1.54) is 5.56 Å². The maximum Gasteiger partial charge on any atom is 0.321 e. The van der Waals surface area contributed by atoms with Crippen molar-refractivity contribution in [2.45, 2.75) is 26.4 Å². The van der Waals surface area contributed by atoms with Gasteiger partial charge in [-0.25, -0.2) is 4.79 Å². The standard InChI is InChI=1S/C22H30N4O3/c1-16(2)12-25(13-17-7-9-23-10-8-17)19-14-26(15-19)22(27)24-18-5-6-20(28-3)21(11-18)29-4/h5-11,16,19H,12-15H2,1-4H3,(H,24,27). The second-order valence-corrected chi connectivity index (χ2v) is 7.74. The van der Waals surface area contributed by atoms with Crippen molar-refractivity contribution in [2.75, 3.05) is 39.2 Å². The Morgan fingerprint density at radius 2 is 1.86 bits per heavy atom. The third-order valence-corrected chi connectivity index (χ3v) is 5.04. The summed E-state index contributed by atoms with van der Waals surface area (Å²) in [6, 6.07) is 9.73. The maximum absolute atomic E-state index is 12.6. The molecule has 0 atom stereocenters. The molecule has 0 radical (unpaired) electrons. The van der Waals surface area contributed by atoms with E-state index < -0.39 is 0 Å². The van der Waals surface area contributed by atoms with E-state index in [-0.39, 0.29) is 6.03 Å². The molecule has 1 aromatic heterocycles. The Hall–Kier alpha value is -2.80. The number of rotatable bonds is 8. The van der Waals surface area contributed by atoms with Crippen LogP contribution < -0.4 is 14.8 Å². The Labute approximate surface area is 172 Å². The van der Waals surface area contributed by atoms with Crippen molar-refractivity contribution in [3.8, 4) is 11.5 Å². The van der Waals surface area contributed by atoms with E-state index in [1.54, 1.807) is 26.4 Å². The Morgan fingerprint density at radius 3 is 2.48 bits per heavy atom. The van der Waals surface area contributed by atoms with E-state index in [0.29, 0.717) is 29.1 Å². The molecule has 2 aromatic rings. The molecule has 0 unspecified atom stereocenters. The Morgan fingerprint density at radius 1 is 1.17 bits per heavy atom. The quantitative estimate of drug-likeness (QED) is 0.737. The van der Waals surface area contributed by atoms with Gasteiger partial charge < -0.3 is 19.7 Å². The highest BCUT2D eigenvalue weighted by Gasteiger charge is 2.35. The minimum Gasteiger partial charge on any atom is -0.493 e. The monoisotopic (exact) mass is 398 g/mol. The number of carbonyl (C=O) groups is 1. The van der Waals surface area contributed by atoms with Gasteiger partial charge in [-0.1, -0.05) is 13.8 Å². The number of urea groups is 1. The van der Waals surface area contributed by atoms with E-state index in [0.717, 1.165) is 26.2 Å². The molecule has 2 amide bonds. The van der Waals surface area contributed by atoms with Crippen LogP contribution in [0.4, 0.5) is 10.5 Å². The summed E-state index contributed by atoms with van der Waals surface area (Å²) in [5.74, 6) is 1.79. The molecule has 1 aliphatic heterocycles. The highest BCUT2D eigenvalue weighted by molar-refractivity contribution is 5.90. The van der Waals surface area contributed by atoms with Gasteiger partial charge in [-0.2, -0.15) is 0 Å². The number of carbonyl (C=O) groups excluding carboxylic acids is 1. The Kier molecular flexibility index (Phi) is 6.93. The molecule has 1 aromatic carbocycles. The van der Waals surface area contributed by atoms with Crippen LogP contribution in [-0.4, -0.2) is 60.7 Å². The molecule has 1 N–H and O–H groups in total. The van der Waals surface area contributed by atoms with Crippen molar-refractivity contribution in [1.82, 2.24) is 14.8 Å². The zero-order valence-electron chi connectivity index (χ0n) is 17.6. The summed E-state index contributed by atoms with van der Waals surface area (Å²) in [5.41, 5.74) is 1.93. The summed E-state index contributed by atoms with van der Waals surface area (Å²) in [5, 5.41) is 2.94. The first-order valence-corrected chi connectivity index (χ1v) is 9.91. The number of ether oxygens (including phenoxy) is 2. The second kappa shape index (κ2) is 9.60. The number of anilines is 1. The molecule has 0 spiro atoms. The van der Waals surface area contributed by atoms with E-state index >= 15 is 0 Å². The van der Waals surface area contributed by atoms with Gasteiger partial charge in [0, 0.05) is 56.4 Å². The fourth-order valence-corrected chi connectivity index (χ4v) is 3.50. The molecule has 0 aliphatic carbocycles. The van der Waals surface area contributed by atoms with E-state index in [2.05, 4.69) is 29.0 Å². The summed E-state index contributed by atoms with van der Waals surface area (Å²) < 4.78 is 10.5. The van der Waals surface area contributed by atoms with Gasteiger partial charge in [-0.15, -0.1) is 0 Å². The predicted octanol–water partition coefficient (Wildman–Crippen LogP) is 3.47. The number of methoxy groups -OCH3 is 2. The molecule has 29 heavy (non-hydrogen) atoms. The van der Waals surface area contributed by atoms with Crippen molar-refractivity contribution >= 4 is 11.7 Å². The first kappa shape index (κ1) is 20.9. The third-order valence-electron chi connectivity index (χ3n) is 5.04. The second-order valence-electron chi connectivity index (χ2n) is 7.74. The normalized spacial score (nSPS) is 14.1. The van der Waals surface area contributed by atoms with Crippen molar-refractivity contribution in [1.29, 1.82) is 0 Å². The summed E-state index contributed by atoms with van der Waals surface area (Å²) >= 11 is 0. The van der Waals surface area contributed by atoms with Crippen LogP contribution in [0, 0.1) is 5.92 Å². The van der Waals surface area contributed by atoms with Crippen LogP contribution in [0.2, 0.25) is 0 Å². The van der Waals surface area contributed by atoms with Gasteiger partial charge in [0.1, 0.15) is 0 Å². The van der Waals surface area contributed by atoms with Gasteiger partial charge in [-0.05, 0) is 35.7 Å².